The highest BCUT2D eigenvalue weighted by atomic mass is 19.4. The van der Waals surface area contributed by atoms with Gasteiger partial charge >= 0.3 is 18.4 Å². The minimum Gasteiger partial charge on any atom is -0.426 e. The van der Waals surface area contributed by atoms with Crippen LogP contribution in [-0.2, 0) is 11.3 Å². The molecule has 0 aromatic heterocycles. The maximum Gasteiger partial charge on any atom is 0.434 e. The molecule has 0 N–H and O–H groups in total. The number of rotatable bonds is 4. The second-order valence-corrected chi connectivity index (χ2v) is 9.81. The first-order valence-electron chi connectivity index (χ1n) is 11.5. The van der Waals surface area contributed by atoms with E-state index in [0.29, 0.717) is 12.8 Å². The zero-order valence-corrected chi connectivity index (χ0v) is 19.0. The lowest BCUT2D eigenvalue weighted by atomic mass is 9.72. The van der Waals surface area contributed by atoms with Crippen LogP contribution in [0.1, 0.15) is 36.8 Å². The zero-order valence-electron chi connectivity index (χ0n) is 19.0. The molecule has 3 fully saturated rings. The predicted molar refractivity (Wildman–Crippen MR) is 114 cm³/mol. The second kappa shape index (κ2) is 9.13. The summed E-state index contributed by atoms with van der Waals surface area (Å²) in [6.45, 7) is 6.71. The third-order valence-corrected chi connectivity index (χ3v) is 7.10. The van der Waals surface area contributed by atoms with E-state index in [2.05, 4.69) is 39.7 Å². The summed E-state index contributed by atoms with van der Waals surface area (Å²) in [4.78, 5) is 17.7. The van der Waals surface area contributed by atoms with Crippen molar-refractivity contribution in [2.45, 2.75) is 57.6 Å². The average molecular weight is 493 g/mol. The molecule has 34 heavy (non-hydrogen) atoms. The number of ether oxygens (including phenoxy) is 1. The Balaban J connectivity index is 1.30. The number of amides is 1. The molecule has 3 aliphatic rings. The summed E-state index contributed by atoms with van der Waals surface area (Å²) in [6, 6.07) is 6.48. The van der Waals surface area contributed by atoms with Gasteiger partial charge in [-0.15, -0.1) is 0 Å². The molecule has 190 valence electrons. The van der Waals surface area contributed by atoms with Crippen molar-refractivity contribution in [1.29, 1.82) is 0 Å². The van der Waals surface area contributed by atoms with Crippen molar-refractivity contribution < 1.29 is 35.9 Å². The predicted octanol–water partition coefficient (Wildman–Crippen LogP) is 5.12. The monoisotopic (exact) mass is 493 g/mol. The number of halogens is 6. The van der Waals surface area contributed by atoms with E-state index in [1.54, 1.807) is 0 Å². The van der Waals surface area contributed by atoms with Crippen LogP contribution in [0.4, 0.5) is 36.8 Å². The van der Waals surface area contributed by atoms with Crippen molar-refractivity contribution in [1.82, 2.24) is 9.80 Å². The van der Waals surface area contributed by atoms with Crippen LogP contribution in [0.2, 0.25) is 0 Å². The molecule has 1 aromatic carbocycles. The van der Waals surface area contributed by atoms with Gasteiger partial charge in [-0.2, -0.15) is 26.3 Å². The van der Waals surface area contributed by atoms with Gasteiger partial charge in [-0.05, 0) is 55.2 Å². The van der Waals surface area contributed by atoms with Gasteiger partial charge in [0.25, 0.3) is 6.10 Å². The molecule has 0 aliphatic carbocycles. The Bertz CT molecular complexity index is 868. The fraction of sp³-hybridized carbons (Fsp3) is 0.696. The second-order valence-electron chi connectivity index (χ2n) is 9.81. The van der Waals surface area contributed by atoms with Gasteiger partial charge in [0.1, 0.15) is 0 Å². The van der Waals surface area contributed by atoms with Crippen molar-refractivity contribution in [2.24, 2.45) is 5.41 Å². The summed E-state index contributed by atoms with van der Waals surface area (Å²) in [5, 5.41) is 0. The van der Waals surface area contributed by atoms with Crippen molar-refractivity contribution in [3.8, 4) is 0 Å². The quantitative estimate of drug-likeness (QED) is 0.546. The fourth-order valence-electron chi connectivity index (χ4n) is 5.29. The van der Waals surface area contributed by atoms with Crippen LogP contribution in [0.5, 0.6) is 0 Å². The van der Waals surface area contributed by atoms with Gasteiger partial charge in [0.15, 0.2) is 0 Å². The highest BCUT2D eigenvalue weighted by Gasteiger charge is 2.60. The Hall–Kier alpha value is -2.17. The molecule has 0 saturated carbocycles. The highest BCUT2D eigenvalue weighted by Crippen LogP contribution is 2.42. The fourth-order valence-corrected chi connectivity index (χ4v) is 5.29. The number of benzene rings is 1. The minimum absolute atomic E-state index is 0.0667. The summed E-state index contributed by atoms with van der Waals surface area (Å²) in [7, 11) is 0. The molecule has 1 aromatic rings. The Kier molecular flexibility index (Phi) is 6.69. The Morgan fingerprint density at radius 1 is 1.00 bits per heavy atom. The van der Waals surface area contributed by atoms with Gasteiger partial charge < -0.3 is 14.5 Å². The molecule has 0 bridgehead atoms. The van der Waals surface area contributed by atoms with Gasteiger partial charge in [0.05, 0.1) is 0 Å². The normalized spacial score (nSPS) is 21.3. The Morgan fingerprint density at radius 3 is 2.15 bits per heavy atom. The molecule has 1 spiro atoms. The minimum atomic E-state index is -5.71. The topological polar surface area (TPSA) is 36.0 Å². The SMILES string of the molecule is Cc1ccc(CN2CC3(CCN(C(=O)OC(C(F)(F)F)C(F)(F)F)CC3)C2)c(N2CCCC2)c1. The number of anilines is 1. The van der Waals surface area contributed by atoms with E-state index in [1.807, 2.05) is 0 Å². The molecule has 4 rings (SSSR count). The van der Waals surface area contributed by atoms with Gasteiger partial charge in [-0.1, -0.05) is 12.1 Å². The largest absolute Gasteiger partial charge is 0.434 e. The number of hydrogen-bond acceptors (Lipinski definition) is 4. The van der Waals surface area contributed by atoms with Crippen LogP contribution >= 0.6 is 0 Å². The first-order valence-corrected chi connectivity index (χ1v) is 11.5. The van der Waals surface area contributed by atoms with E-state index in [4.69, 9.17) is 0 Å². The van der Waals surface area contributed by atoms with Crippen LogP contribution in [0.3, 0.4) is 0 Å². The first-order chi connectivity index (χ1) is 15.9. The molecule has 5 nitrogen and oxygen atoms in total. The molecular weight excluding hydrogens is 464 g/mol. The van der Waals surface area contributed by atoms with E-state index < -0.39 is 24.5 Å². The summed E-state index contributed by atoms with van der Waals surface area (Å²) >= 11 is 0. The van der Waals surface area contributed by atoms with E-state index >= 15 is 0 Å². The number of likely N-dealkylation sites (tertiary alicyclic amines) is 2. The third-order valence-electron chi connectivity index (χ3n) is 7.10. The van der Waals surface area contributed by atoms with E-state index in [9.17, 15) is 31.1 Å². The first kappa shape index (κ1) is 24.9. The third kappa shape index (κ3) is 5.39. The molecule has 3 aliphatic heterocycles. The van der Waals surface area contributed by atoms with E-state index in [1.165, 1.54) is 29.7 Å². The molecule has 0 radical (unpaired) electrons. The Labute approximate surface area is 194 Å². The molecule has 3 saturated heterocycles. The van der Waals surface area contributed by atoms with Crippen molar-refractivity contribution >= 4 is 11.8 Å². The van der Waals surface area contributed by atoms with E-state index in [0.717, 1.165) is 37.6 Å². The van der Waals surface area contributed by atoms with Gasteiger partial charge in [0.2, 0.25) is 0 Å². The molecule has 0 unspecified atom stereocenters. The summed E-state index contributed by atoms with van der Waals surface area (Å²) in [5.41, 5.74) is 3.67. The van der Waals surface area contributed by atoms with Gasteiger partial charge in [-0.25, -0.2) is 4.79 Å². The number of hydrogen-bond donors (Lipinski definition) is 0. The average Bonchev–Trinajstić information content (AvgIpc) is 3.25. The van der Waals surface area contributed by atoms with Crippen molar-refractivity contribution in [3.63, 3.8) is 0 Å². The lowest BCUT2D eigenvalue weighted by molar-refractivity contribution is -0.308. The molecule has 1 amide bonds. The molecule has 3 heterocycles. The number of carbonyl (C=O) groups excluding carboxylic acids is 1. The number of alkyl halides is 6. The van der Waals surface area contributed by atoms with Crippen LogP contribution in [-0.4, -0.2) is 73.6 Å². The number of aryl methyl sites for hydroxylation is 1. The van der Waals surface area contributed by atoms with E-state index in [-0.39, 0.29) is 18.5 Å². The molecule has 0 atom stereocenters. The lowest BCUT2D eigenvalue weighted by Gasteiger charge is -2.54. The number of nitrogens with zero attached hydrogens (tertiary/aromatic N) is 3. The van der Waals surface area contributed by atoms with Crippen molar-refractivity contribution in [2.75, 3.05) is 44.2 Å². The van der Waals surface area contributed by atoms with Crippen LogP contribution in [0.25, 0.3) is 0 Å². The van der Waals surface area contributed by atoms with Gasteiger partial charge in [0, 0.05) is 51.5 Å². The zero-order chi connectivity index (χ0) is 24.7. The lowest BCUT2D eigenvalue weighted by Crippen LogP contribution is -2.60. The molecular formula is C23H29F6N3O2. The van der Waals surface area contributed by atoms with Crippen LogP contribution in [0.15, 0.2) is 18.2 Å². The standard InChI is InChI=1S/C23H29F6N3O2/c1-16-4-5-17(18(12-16)31-8-2-3-9-31)13-30-14-21(15-30)6-10-32(11-7-21)20(33)34-19(22(24,25)26)23(27,28)29/h4-5,12,19H,2-3,6-11,13-15H2,1H3. The maximum absolute atomic E-state index is 12.7. The Morgan fingerprint density at radius 2 is 1.59 bits per heavy atom. The summed E-state index contributed by atoms with van der Waals surface area (Å²) in [6.07, 6.45) is -13.7. The highest BCUT2D eigenvalue weighted by molar-refractivity contribution is 5.68. The smallest absolute Gasteiger partial charge is 0.426 e. The maximum atomic E-state index is 12.7. The van der Waals surface area contributed by atoms with Gasteiger partial charge in [-0.3, -0.25) is 4.90 Å². The summed E-state index contributed by atoms with van der Waals surface area (Å²) < 4.78 is 79.9. The number of piperidine rings is 1. The molecule has 11 heteroatoms. The van der Waals surface area contributed by atoms with Crippen molar-refractivity contribution in [3.05, 3.63) is 29.3 Å². The van der Waals surface area contributed by atoms with Crippen LogP contribution in [0, 0.1) is 12.3 Å². The van der Waals surface area contributed by atoms with Crippen LogP contribution < -0.4 is 4.90 Å². The number of carbonyl (C=O) groups is 1. The summed E-state index contributed by atoms with van der Waals surface area (Å²) in [5.74, 6) is 0.